The summed E-state index contributed by atoms with van der Waals surface area (Å²) in [7, 11) is 0. The lowest BCUT2D eigenvalue weighted by atomic mass is 9.94. The van der Waals surface area contributed by atoms with Gasteiger partial charge in [0.15, 0.2) is 0 Å². The normalized spacial score (nSPS) is 12.9. The lowest BCUT2D eigenvalue weighted by Crippen LogP contribution is -2.41. The molecule has 1 aliphatic rings. The van der Waals surface area contributed by atoms with Crippen LogP contribution < -0.4 is 11.1 Å². The number of amides is 4. The number of carbonyl (C=O) groups excluding carboxylic acids is 4. The molecule has 7 nitrogen and oxygen atoms in total. The van der Waals surface area contributed by atoms with Crippen molar-refractivity contribution < 1.29 is 23.6 Å². The van der Waals surface area contributed by atoms with E-state index < -0.39 is 29.4 Å². The van der Waals surface area contributed by atoms with Gasteiger partial charge in [0.05, 0.1) is 0 Å². The number of benzene rings is 3. The van der Waals surface area contributed by atoms with Gasteiger partial charge in [0.2, 0.25) is 11.8 Å². The number of carbonyl (C=O) groups is 4. The first-order chi connectivity index (χ1) is 15.3. The number of halogens is 1. The first-order valence-electron chi connectivity index (χ1n) is 10.1. The average Bonchev–Trinajstić information content (AvgIpc) is 2.77. The van der Waals surface area contributed by atoms with E-state index in [1.807, 2.05) is 12.1 Å². The summed E-state index contributed by atoms with van der Waals surface area (Å²) in [5.41, 5.74) is 6.37. The highest BCUT2D eigenvalue weighted by Gasteiger charge is 2.32. The summed E-state index contributed by atoms with van der Waals surface area (Å²) in [5, 5.41) is 4.03. The lowest BCUT2D eigenvalue weighted by Gasteiger charge is -2.27. The minimum absolute atomic E-state index is 0.00916. The van der Waals surface area contributed by atoms with E-state index in [-0.39, 0.29) is 36.2 Å². The maximum absolute atomic E-state index is 14.0. The zero-order valence-electron chi connectivity index (χ0n) is 17.3. The summed E-state index contributed by atoms with van der Waals surface area (Å²) in [6.45, 7) is 1.53. The first-order valence-corrected chi connectivity index (χ1v) is 10.1. The third-order valence-corrected chi connectivity index (χ3v) is 5.54. The Balaban J connectivity index is 1.44. The number of hydrogen-bond acceptors (Lipinski definition) is 4. The molecule has 0 saturated heterocycles. The number of imide groups is 1. The van der Waals surface area contributed by atoms with E-state index >= 15 is 0 Å². The summed E-state index contributed by atoms with van der Waals surface area (Å²) in [6, 6.07) is 12.9. The quantitative estimate of drug-likeness (QED) is 0.581. The molecule has 3 aromatic rings. The number of rotatable bonds is 6. The highest BCUT2D eigenvalue weighted by molar-refractivity contribution is 6.25. The molecule has 0 aliphatic carbocycles. The molecule has 0 saturated carbocycles. The molecular formula is C24H20FN3O4. The highest BCUT2D eigenvalue weighted by Crippen LogP contribution is 2.30. The van der Waals surface area contributed by atoms with Gasteiger partial charge in [-0.05, 0) is 43.0 Å². The summed E-state index contributed by atoms with van der Waals surface area (Å²) in [5.74, 6) is -2.70. The molecule has 0 aromatic heterocycles. The molecule has 162 valence electrons. The van der Waals surface area contributed by atoms with Gasteiger partial charge < -0.3 is 11.1 Å². The molecule has 0 spiro atoms. The predicted molar refractivity (Wildman–Crippen MR) is 117 cm³/mol. The Morgan fingerprint density at radius 1 is 1.03 bits per heavy atom. The zero-order chi connectivity index (χ0) is 23.0. The van der Waals surface area contributed by atoms with Crippen molar-refractivity contribution in [3.05, 3.63) is 76.6 Å². The summed E-state index contributed by atoms with van der Waals surface area (Å²) in [6.07, 6.45) is 0.212. The molecule has 0 radical (unpaired) electrons. The second-order valence-electron chi connectivity index (χ2n) is 7.62. The molecule has 0 bridgehead atoms. The van der Waals surface area contributed by atoms with Gasteiger partial charge in [-0.3, -0.25) is 24.1 Å². The van der Waals surface area contributed by atoms with Crippen LogP contribution in [0.4, 0.5) is 10.1 Å². The van der Waals surface area contributed by atoms with Crippen LogP contribution in [0.5, 0.6) is 0 Å². The molecule has 1 aliphatic heterocycles. The SMILES string of the molecule is Cc1c(F)cc(C(N)=O)cc1NC(=O)CCCN1C(=O)c2cccc3cccc(c23)C1=O. The molecule has 1 heterocycles. The van der Waals surface area contributed by atoms with Gasteiger partial charge in [0.1, 0.15) is 5.82 Å². The largest absolute Gasteiger partial charge is 0.366 e. The van der Waals surface area contributed by atoms with Gasteiger partial charge in [0, 0.05) is 46.3 Å². The van der Waals surface area contributed by atoms with Crippen molar-refractivity contribution in [1.82, 2.24) is 4.90 Å². The number of nitrogens with one attached hydrogen (secondary N) is 1. The van der Waals surface area contributed by atoms with Crippen LogP contribution in [0.25, 0.3) is 10.8 Å². The molecule has 0 fully saturated rings. The van der Waals surface area contributed by atoms with Crippen LogP contribution in [0.3, 0.4) is 0 Å². The van der Waals surface area contributed by atoms with Gasteiger partial charge >= 0.3 is 0 Å². The predicted octanol–water partition coefficient (Wildman–Crippen LogP) is 3.40. The summed E-state index contributed by atoms with van der Waals surface area (Å²) >= 11 is 0. The second kappa shape index (κ2) is 8.22. The number of primary amides is 1. The molecule has 3 N–H and O–H groups in total. The van der Waals surface area contributed by atoms with Crippen molar-refractivity contribution in [2.24, 2.45) is 5.73 Å². The standard InChI is InChI=1S/C24H20FN3O4/c1-13-18(25)11-15(22(26)30)12-19(13)27-20(29)9-4-10-28-23(31)16-7-2-5-14-6-3-8-17(21(14)16)24(28)32/h2-3,5-8,11-12H,4,9-10H2,1H3,(H2,26,30)(H,27,29). The van der Waals surface area contributed by atoms with Crippen molar-refractivity contribution in [2.75, 3.05) is 11.9 Å². The van der Waals surface area contributed by atoms with E-state index in [1.165, 1.54) is 13.0 Å². The third-order valence-electron chi connectivity index (χ3n) is 5.54. The van der Waals surface area contributed by atoms with E-state index in [0.29, 0.717) is 16.5 Å². The monoisotopic (exact) mass is 433 g/mol. The molecule has 0 unspecified atom stereocenters. The molecule has 32 heavy (non-hydrogen) atoms. The summed E-state index contributed by atoms with van der Waals surface area (Å²) < 4.78 is 14.0. The van der Waals surface area contributed by atoms with Crippen LogP contribution in [0.15, 0.2) is 48.5 Å². The van der Waals surface area contributed by atoms with Crippen molar-refractivity contribution in [3.8, 4) is 0 Å². The van der Waals surface area contributed by atoms with Crippen LogP contribution in [0, 0.1) is 12.7 Å². The van der Waals surface area contributed by atoms with Crippen LogP contribution in [0.2, 0.25) is 0 Å². The Morgan fingerprint density at radius 3 is 2.25 bits per heavy atom. The third kappa shape index (κ3) is 3.71. The fourth-order valence-electron chi connectivity index (χ4n) is 3.84. The van der Waals surface area contributed by atoms with E-state index in [1.54, 1.807) is 24.3 Å². The van der Waals surface area contributed by atoms with E-state index in [0.717, 1.165) is 16.4 Å². The smallest absolute Gasteiger partial charge is 0.261 e. The van der Waals surface area contributed by atoms with Gasteiger partial charge in [-0.15, -0.1) is 0 Å². The summed E-state index contributed by atoms with van der Waals surface area (Å²) in [4.78, 5) is 50.6. The Labute approximate surface area is 183 Å². The van der Waals surface area contributed by atoms with Gasteiger partial charge in [-0.1, -0.05) is 24.3 Å². The van der Waals surface area contributed by atoms with E-state index in [2.05, 4.69) is 5.32 Å². The minimum Gasteiger partial charge on any atom is -0.366 e. The van der Waals surface area contributed by atoms with Crippen LogP contribution in [-0.2, 0) is 4.79 Å². The highest BCUT2D eigenvalue weighted by atomic mass is 19.1. The van der Waals surface area contributed by atoms with Crippen LogP contribution in [0.1, 0.15) is 49.5 Å². The number of nitrogens with two attached hydrogens (primary N) is 1. The van der Waals surface area contributed by atoms with Crippen LogP contribution >= 0.6 is 0 Å². The number of nitrogens with zero attached hydrogens (tertiary/aromatic N) is 1. The zero-order valence-corrected chi connectivity index (χ0v) is 17.3. The molecular weight excluding hydrogens is 413 g/mol. The lowest BCUT2D eigenvalue weighted by molar-refractivity contribution is -0.116. The van der Waals surface area contributed by atoms with Gasteiger partial charge in [-0.2, -0.15) is 0 Å². The van der Waals surface area contributed by atoms with Crippen molar-refractivity contribution in [2.45, 2.75) is 19.8 Å². The van der Waals surface area contributed by atoms with Crippen molar-refractivity contribution in [3.63, 3.8) is 0 Å². The van der Waals surface area contributed by atoms with Gasteiger partial charge in [0.25, 0.3) is 11.8 Å². The van der Waals surface area contributed by atoms with E-state index in [9.17, 15) is 23.6 Å². The maximum atomic E-state index is 14.0. The minimum atomic E-state index is -0.808. The maximum Gasteiger partial charge on any atom is 0.261 e. The molecule has 8 heteroatoms. The first kappa shape index (κ1) is 21.2. The number of anilines is 1. The van der Waals surface area contributed by atoms with Crippen molar-refractivity contribution in [1.29, 1.82) is 0 Å². The average molecular weight is 433 g/mol. The Kier molecular flexibility index (Phi) is 5.44. The van der Waals surface area contributed by atoms with Crippen molar-refractivity contribution >= 4 is 40.1 Å². The van der Waals surface area contributed by atoms with Crippen LogP contribution in [-0.4, -0.2) is 35.1 Å². The fraction of sp³-hybridized carbons (Fsp3) is 0.167. The molecule has 3 aromatic carbocycles. The second-order valence-corrected chi connectivity index (χ2v) is 7.62. The van der Waals surface area contributed by atoms with E-state index in [4.69, 9.17) is 5.73 Å². The fourth-order valence-corrected chi connectivity index (χ4v) is 3.84. The van der Waals surface area contributed by atoms with Gasteiger partial charge in [-0.25, -0.2) is 4.39 Å². The number of hydrogen-bond donors (Lipinski definition) is 2. The Morgan fingerprint density at radius 2 is 1.66 bits per heavy atom. The molecule has 4 amide bonds. The topological polar surface area (TPSA) is 110 Å². The Bertz CT molecular complexity index is 1250. The molecule has 0 atom stereocenters. The molecule has 4 rings (SSSR count). The Hall–Kier alpha value is -4.07.